The maximum atomic E-state index is 5.30. The van der Waals surface area contributed by atoms with Gasteiger partial charge >= 0.3 is 0 Å². The van der Waals surface area contributed by atoms with Crippen molar-refractivity contribution in [3.63, 3.8) is 0 Å². The highest BCUT2D eigenvalue weighted by Gasteiger charge is 1.81. The number of thioether (sulfide) groups is 1. The third-order valence-corrected chi connectivity index (χ3v) is 1.80. The maximum absolute atomic E-state index is 5.30. The van der Waals surface area contributed by atoms with Crippen LogP contribution in [-0.4, -0.2) is 18.1 Å². The highest BCUT2D eigenvalue weighted by molar-refractivity contribution is 7.99. The Morgan fingerprint density at radius 2 is 2.22 bits per heavy atom. The van der Waals surface area contributed by atoms with Gasteiger partial charge < -0.3 is 5.73 Å². The lowest BCUT2D eigenvalue weighted by molar-refractivity contribution is 1.15. The second-order valence-corrected chi connectivity index (χ2v) is 3.29. The Morgan fingerprint density at radius 1 is 1.56 bits per heavy atom. The summed E-state index contributed by atoms with van der Waals surface area (Å²) in [5, 5.41) is 0. The van der Waals surface area contributed by atoms with E-state index in [9.17, 15) is 0 Å². The summed E-state index contributed by atoms with van der Waals surface area (Å²) in [5.41, 5.74) is 6.69. The van der Waals surface area contributed by atoms with E-state index < -0.39 is 0 Å². The summed E-state index contributed by atoms with van der Waals surface area (Å²) in [6.45, 7) is 5.02. The first kappa shape index (κ1) is 9.05. The third-order valence-electron chi connectivity index (χ3n) is 0.872. The zero-order valence-electron chi connectivity index (χ0n) is 6.18. The van der Waals surface area contributed by atoms with Crippen LogP contribution in [0.25, 0.3) is 0 Å². The van der Waals surface area contributed by atoms with Gasteiger partial charge in [0.15, 0.2) is 0 Å². The standard InChI is InChI=1S/C7H15NS/c1-7(2)3-5-9-6-4-8/h3H,4-6,8H2,1-2H3. The molecule has 0 radical (unpaired) electrons. The Kier molecular flexibility index (Phi) is 6.21. The van der Waals surface area contributed by atoms with Gasteiger partial charge in [0.2, 0.25) is 0 Å². The average molecular weight is 145 g/mol. The molecule has 1 nitrogen and oxygen atoms in total. The number of nitrogens with two attached hydrogens (primary N) is 1. The fraction of sp³-hybridized carbons (Fsp3) is 0.714. The van der Waals surface area contributed by atoms with Crippen molar-refractivity contribution in [3.8, 4) is 0 Å². The summed E-state index contributed by atoms with van der Waals surface area (Å²) in [6, 6.07) is 0. The predicted octanol–water partition coefficient (Wildman–Crippen LogP) is 1.64. The molecule has 0 amide bonds. The van der Waals surface area contributed by atoms with Crippen molar-refractivity contribution < 1.29 is 0 Å². The quantitative estimate of drug-likeness (QED) is 0.481. The summed E-state index contributed by atoms with van der Waals surface area (Å²) in [4.78, 5) is 0. The molecular formula is C7H15NS. The molecule has 0 heterocycles. The molecule has 0 unspecified atom stereocenters. The molecule has 0 aromatic heterocycles. The third kappa shape index (κ3) is 8.05. The van der Waals surface area contributed by atoms with Crippen LogP contribution in [0, 0.1) is 0 Å². The number of hydrogen-bond acceptors (Lipinski definition) is 2. The minimum atomic E-state index is 0.793. The molecule has 0 aromatic rings. The average Bonchev–Trinajstić information content (AvgIpc) is 1.80. The van der Waals surface area contributed by atoms with Crippen molar-refractivity contribution in [1.82, 2.24) is 0 Å². The smallest absolute Gasteiger partial charge is 0.0116 e. The van der Waals surface area contributed by atoms with Crippen molar-refractivity contribution in [3.05, 3.63) is 11.6 Å². The van der Waals surface area contributed by atoms with Crippen LogP contribution in [0.15, 0.2) is 11.6 Å². The van der Waals surface area contributed by atoms with Gasteiger partial charge in [0.05, 0.1) is 0 Å². The molecule has 0 rings (SSSR count). The molecule has 0 aliphatic heterocycles. The number of hydrogen-bond donors (Lipinski definition) is 1. The first-order valence-corrected chi connectivity index (χ1v) is 4.34. The Hall–Kier alpha value is 0.0500. The number of allylic oxidation sites excluding steroid dienone is 1. The minimum absolute atomic E-state index is 0.793. The fourth-order valence-corrected chi connectivity index (χ4v) is 1.18. The minimum Gasteiger partial charge on any atom is -0.330 e. The molecule has 9 heavy (non-hydrogen) atoms. The monoisotopic (exact) mass is 145 g/mol. The lowest BCUT2D eigenvalue weighted by Gasteiger charge is -1.92. The van der Waals surface area contributed by atoms with E-state index in [4.69, 9.17) is 5.73 Å². The molecule has 0 bridgehead atoms. The van der Waals surface area contributed by atoms with Crippen molar-refractivity contribution in [2.75, 3.05) is 18.1 Å². The van der Waals surface area contributed by atoms with Gasteiger partial charge in [-0.05, 0) is 13.8 Å². The predicted molar refractivity (Wildman–Crippen MR) is 45.8 cm³/mol. The van der Waals surface area contributed by atoms with Gasteiger partial charge in [0.1, 0.15) is 0 Å². The zero-order valence-corrected chi connectivity index (χ0v) is 7.00. The Morgan fingerprint density at radius 3 is 2.67 bits per heavy atom. The van der Waals surface area contributed by atoms with E-state index in [2.05, 4.69) is 19.9 Å². The lowest BCUT2D eigenvalue weighted by Crippen LogP contribution is -2.01. The van der Waals surface area contributed by atoms with E-state index in [1.54, 1.807) is 0 Å². The number of rotatable bonds is 4. The first-order chi connectivity index (χ1) is 4.27. The molecule has 0 spiro atoms. The lowest BCUT2D eigenvalue weighted by atomic mass is 10.3. The Labute approximate surface area is 61.7 Å². The molecule has 0 saturated carbocycles. The molecule has 2 N–H and O–H groups in total. The van der Waals surface area contributed by atoms with Crippen LogP contribution < -0.4 is 5.73 Å². The molecule has 2 heteroatoms. The van der Waals surface area contributed by atoms with Crippen LogP contribution in [0.5, 0.6) is 0 Å². The SMILES string of the molecule is CC(C)=CCSCCN. The van der Waals surface area contributed by atoms with E-state index in [1.165, 1.54) is 5.57 Å². The van der Waals surface area contributed by atoms with Gasteiger partial charge in [-0.15, -0.1) is 0 Å². The van der Waals surface area contributed by atoms with E-state index in [-0.39, 0.29) is 0 Å². The topological polar surface area (TPSA) is 26.0 Å². The Bertz CT molecular complexity index is 84.9. The van der Waals surface area contributed by atoms with Gasteiger partial charge in [-0.3, -0.25) is 0 Å². The zero-order chi connectivity index (χ0) is 7.11. The van der Waals surface area contributed by atoms with Crippen LogP contribution in [-0.2, 0) is 0 Å². The molecule has 0 atom stereocenters. The van der Waals surface area contributed by atoms with E-state index >= 15 is 0 Å². The summed E-state index contributed by atoms with van der Waals surface area (Å²) in [7, 11) is 0. The summed E-state index contributed by atoms with van der Waals surface area (Å²) < 4.78 is 0. The van der Waals surface area contributed by atoms with Crippen LogP contribution >= 0.6 is 11.8 Å². The summed E-state index contributed by atoms with van der Waals surface area (Å²) in [6.07, 6.45) is 2.22. The molecule has 54 valence electrons. The molecule has 0 aliphatic rings. The molecule has 0 aromatic carbocycles. The maximum Gasteiger partial charge on any atom is 0.0116 e. The molecular weight excluding hydrogens is 130 g/mol. The van der Waals surface area contributed by atoms with Gasteiger partial charge in [0.25, 0.3) is 0 Å². The normalized spacial score (nSPS) is 9.22. The van der Waals surface area contributed by atoms with Crippen LogP contribution in [0.3, 0.4) is 0 Å². The highest BCUT2D eigenvalue weighted by atomic mass is 32.2. The van der Waals surface area contributed by atoms with E-state index in [0.717, 1.165) is 18.1 Å². The first-order valence-electron chi connectivity index (χ1n) is 3.18. The van der Waals surface area contributed by atoms with Gasteiger partial charge in [-0.25, -0.2) is 0 Å². The van der Waals surface area contributed by atoms with Gasteiger partial charge in [0, 0.05) is 18.1 Å². The summed E-state index contributed by atoms with van der Waals surface area (Å²) >= 11 is 1.88. The fourth-order valence-electron chi connectivity index (χ4n) is 0.392. The van der Waals surface area contributed by atoms with Crippen LogP contribution in [0.2, 0.25) is 0 Å². The van der Waals surface area contributed by atoms with Crippen LogP contribution in [0.4, 0.5) is 0 Å². The second kappa shape index (κ2) is 6.17. The van der Waals surface area contributed by atoms with Crippen molar-refractivity contribution in [2.24, 2.45) is 5.73 Å². The van der Waals surface area contributed by atoms with E-state index in [1.807, 2.05) is 11.8 Å². The van der Waals surface area contributed by atoms with Crippen molar-refractivity contribution in [2.45, 2.75) is 13.8 Å². The largest absolute Gasteiger partial charge is 0.330 e. The highest BCUT2D eigenvalue weighted by Crippen LogP contribution is 2.00. The van der Waals surface area contributed by atoms with Crippen molar-refractivity contribution >= 4 is 11.8 Å². The molecule has 0 fully saturated rings. The summed E-state index contributed by atoms with van der Waals surface area (Å²) in [5.74, 6) is 2.18. The van der Waals surface area contributed by atoms with Crippen LogP contribution in [0.1, 0.15) is 13.8 Å². The van der Waals surface area contributed by atoms with Gasteiger partial charge in [-0.1, -0.05) is 11.6 Å². The second-order valence-electron chi connectivity index (χ2n) is 2.15. The van der Waals surface area contributed by atoms with E-state index in [0.29, 0.717) is 0 Å². The molecule has 0 aliphatic carbocycles. The Balaban J connectivity index is 3.00. The molecule has 0 saturated heterocycles. The van der Waals surface area contributed by atoms with Crippen molar-refractivity contribution in [1.29, 1.82) is 0 Å². The van der Waals surface area contributed by atoms with Gasteiger partial charge in [-0.2, -0.15) is 11.8 Å².